The van der Waals surface area contributed by atoms with E-state index in [1.54, 1.807) is 16.7 Å². The van der Waals surface area contributed by atoms with Crippen LogP contribution >= 0.6 is 35.7 Å². The minimum Gasteiger partial charge on any atom is -0.366 e. The molecule has 2 aliphatic rings. The largest absolute Gasteiger partial charge is 0.366 e. The van der Waals surface area contributed by atoms with Crippen molar-refractivity contribution in [3.63, 3.8) is 0 Å². The molecule has 2 aliphatic heterocycles. The Morgan fingerprint density at radius 3 is 2.71 bits per heavy atom. The zero-order chi connectivity index (χ0) is 17.7. The van der Waals surface area contributed by atoms with Crippen LogP contribution in [0, 0.1) is 0 Å². The predicted molar refractivity (Wildman–Crippen MR) is 103 cm³/mol. The fraction of sp³-hybridized carbons (Fsp3) is 0.571. The van der Waals surface area contributed by atoms with Crippen LogP contribution in [-0.4, -0.2) is 64.1 Å². The highest BCUT2D eigenvalue weighted by Gasteiger charge is 2.30. The smallest absolute Gasteiger partial charge is 0.266 e. The summed E-state index contributed by atoms with van der Waals surface area (Å²) in [5.41, 5.74) is 0. The molecular weight excluding hydrogens is 388 g/mol. The van der Waals surface area contributed by atoms with Gasteiger partial charge >= 0.3 is 0 Å². The van der Waals surface area contributed by atoms with E-state index in [2.05, 4.69) is 4.90 Å². The maximum Gasteiger partial charge on any atom is 0.266 e. The molecule has 0 unspecified atom stereocenters. The monoisotopic (exact) mass is 408 g/mol. The van der Waals surface area contributed by atoms with Gasteiger partial charge in [0.05, 0.1) is 15.7 Å². The third kappa shape index (κ3) is 5.48. The summed E-state index contributed by atoms with van der Waals surface area (Å²) in [5, 5.41) is 1.07. The average Bonchev–Trinajstić information content (AvgIpc) is 3.05. The molecule has 10 heteroatoms. The van der Waals surface area contributed by atoms with Crippen LogP contribution in [0.4, 0.5) is 0 Å². The van der Waals surface area contributed by atoms with Crippen LogP contribution in [0.3, 0.4) is 0 Å². The van der Waals surface area contributed by atoms with Crippen LogP contribution in [0.5, 0.6) is 0 Å². The van der Waals surface area contributed by atoms with Crippen LogP contribution in [0.2, 0.25) is 0 Å². The fourth-order valence-electron chi connectivity index (χ4n) is 2.36. The molecule has 6 nitrogen and oxygen atoms in total. The second kappa shape index (κ2) is 8.70. The summed E-state index contributed by atoms with van der Waals surface area (Å²) in [7, 11) is -3.88. The lowest BCUT2D eigenvalue weighted by atomic mass is 10.3. The Labute approximate surface area is 156 Å². The minimum atomic E-state index is -3.88. The lowest BCUT2D eigenvalue weighted by Crippen LogP contribution is -2.27. The first kappa shape index (κ1) is 19.8. The number of hydrogen-bond acceptors (Lipinski definition) is 7. The molecule has 0 aromatic heterocycles. The van der Waals surface area contributed by atoms with Crippen molar-refractivity contribution < 1.29 is 17.8 Å². The van der Waals surface area contributed by atoms with Gasteiger partial charge in [0.2, 0.25) is 0 Å². The number of rotatable bonds is 7. The van der Waals surface area contributed by atoms with E-state index >= 15 is 0 Å². The second-order valence-electron chi connectivity index (χ2n) is 5.28. The van der Waals surface area contributed by atoms with Crippen molar-refractivity contribution in [2.24, 2.45) is 0 Å². The van der Waals surface area contributed by atoms with Gasteiger partial charge in [0.1, 0.15) is 4.32 Å². The van der Waals surface area contributed by atoms with E-state index < -0.39 is 10.1 Å². The minimum absolute atomic E-state index is 0.0490. The van der Waals surface area contributed by atoms with Crippen LogP contribution in [0.1, 0.15) is 19.8 Å². The Balaban J connectivity index is 1.93. The molecule has 2 rings (SSSR count). The lowest BCUT2D eigenvalue weighted by Gasteiger charge is -2.18. The molecule has 24 heavy (non-hydrogen) atoms. The molecule has 134 valence electrons. The van der Waals surface area contributed by atoms with Crippen molar-refractivity contribution in [2.45, 2.75) is 19.8 Å². The maximum absolute atomic E-state index is 12.2. The van der Waals surface area contributed by atoms with E-state index in [0.717, 1.165) is 23.9 Å². The second-order valence-corrected chi connectivity index (χ2v) is 9.64. The molecular formula is C14H20N2O4S4. The fourth-order valence-corrected chi connectivity index (χ4v) is 5.30. The topological polar surface area (TPSA) is 77.9 Å². The molecule has 0 aromatic carbocycles. The number of amides is 1. The number of likely N-dealkylation sites (N-methyl/N-ethyl adjacent to an activating group) is 1. The van der Waals surface area contributed by atoms with Crippen LogP contribution in [0.25, 0.3) is 0 Å². The highest BCUT2D eigenvalue weighted by atomic mass is 32.2. The van der Waals surface area contributed by atoms with Gasteiger partial charge in [0.15, 0.2) is 0 Å². The van der Waals surface area contributed by atoms with Gasteiger partial charge in [-0.2, -0.15) is 8.42 Å². The van der Waals surface area contributed by atoms with Crippen molar-refractivity contribution in [1.82, 2.24) is 9.80 Å². The van der Waals surface area contributed by atoms with E-state index in [0.29, 0.717) is 28.6 Å². The lowest BCUT2D eigenvalue weighted by molar-refractivity contribution is -0.122. The first-order chi connectivity index (χ1) is 11.3. The highest BCUT2D eigenvalue weighted by Crippen LogP contribution is 2.32. The molecule has 0 atom stereocenters. The van der Waals surface area contributed by atoms with Gasteiger partial charge in [-0.1, -0.05) is 24.0 Å². The van der Waals surface area contributed by atoms with E-state index in [1.165, 1.54) is 11.8 Å². The van der Waals surface area contributed by atoms with E-state index in [9.17, 15) is 13.2 Å². The molecule has 0 saturated carbocycles. The van der Waals surface area contributed by atoms with Crippen molar-refractivity contribution >= 4 is 56.1 Å². The average molecular weight is 409 g/mol. The van der Waals surface area contributed by atoms with E-state index in [-0.39, 0.29) is 11.7 Å². The number of thiocarbonyl (C=S) groups is 1. The number of carbonyl (C=O) groups is 1. The summed E-state index contributed by atoms with van der Waals surface area (Å²) in [6.07, 6.45) is 4.87. The van der Waals surface area contributed by atoms with Crippen LogP contribution in [-0.2, 0) is 14.9 Å². The molecule has 2 fully saturated rings. The Morgan fingerprint density at radius 1 is 1.33 bits per heavy atom. The zero-order valence-corrected chi connectivity index (χ0v) is 16.6. The summed E-state index contributed by atoms with van der Waals surface area (Å²) in [4.78, 5) is 16.5. The molecule has 0 radical (unpaired) electrons. The number of thioether (sulfide) groups is 2. The Hall–Kier alpha value is -0.550. The van der Waals surface area contributed by atoms with Crippen molar-refractivity contribution in [1.29, 1.82) is 0 Å². The molecule has 2 saturated heterocycles. The van der Waals surface area contributed by atoms with Gasteiger partial charge in [-0.15, -0.1) is 11.8 Å². The quantitative estimate of drug-likeness (QED) is 0.298. The SMILES string of the molecule is CCN1C(=O)/C(=C/C=C2\SCCN2CCCCS(=O)(=O)O)SC1=S. The summed E-state index contributed by atoms with van der Waals surface area (Å²) < 4.78 is 30.8. The van der Waals surface area contributed by atoms with Crippen LogP contribution < -0.4 is 0 Å². The standard InChI is InChI=1S/C14H20N2O4S4/c1-2-16-13(17)11(23-14(16)21)5-6-12-15(8-9-22-12)7-3-4-10-24(18,19)20/h5-6H,2-4,7-10H2,1H3,(H,18,19,20)/b11-5-,12-6-. The Kier molecular flexibility index (Phi) is 7.17. The third-order valence-electron chi connectivity index (χ3n) is 3.57. The third-order valence-corrected chi connectivity index (χ3v) is 6.85. The van der Waals surface area contributed by atoms with Gasteiger partial charge in [-0.3, -0.25) is 14.2 Å². The molecule has 0 spiro atoms. The van der Waals surface area contributed by atoms with Gasteiger partial charge in [-0.05, 0) is 31.9 Å². The van der Waals surface area contributed by atoms with Crippen molar-refractivity contribution in [3.05, 3.63) is 22.1 Å². The summed E-state index contributed by atoms with van der Waals surface area (Å²) >= 11 is 8.22. The van der Waals surface area contributed by atoms with Gasteiger partial charge in [0.25, 0.3) is 16.0 Å². The highest BCUT2D eigenvalue weighted by molar-refractivity contribution is 8.26. The van der Waals surface area contributed by atoms with Crippen molar-refractivity contribution in [3.8, 4) is 0 Å². The Morgan fingerprint density at radius 2 is 2.08 bits per heavy atom. The summed E-state index contributed by atoms with van der Waals surface area (Å²) in [5.74, 6) is 0.715. The Bertz CT molecular complexity index is 672. The molecule has 0 aromatic rings. The normalized spacial score (nSPS) is 22.4. The number of carbonyl (C=O) groups excluding carboxylic acids is 1. The first-order valence-electron chi connectivity index (χ1n) is 7.60. The molecule has 1 amide bonds. The van der Waals surface area contributed by atoms with Gasteiger partial charge in [0, 0.05) is 25.4 Å². The van der Waals surface area contributed by atoms with Crippen molar-refractivity contribution in [2.75, 3.05) is 31.1 Å². The number of allylic oxidation sites excluding steroid dienone is 2. The predicted octanol–water partition coefficient (Wildman–Crippen LogP) is 2.31. The van der Waals surface area contributed by atoms with E-state index in [4.69, 9.17) is 16.8 Å². The van der Waals surface area contributed by atoms with E-state index in [1.807, 2.05) is 19.1 Å². The first-order valence-corrected chi connectivity index (χ1v) is 11.4. The molecule has 1 N–H and O–H groups in total. The summed E-state index contributed by atoms with van der Waals surface area (Å²) in [6.45, 7) is 4.10. The molecule has 0 aliphatic carbocycles. The molecule has 0 bridgehead atoms. The molecule has 2 heterocycles. The number of unbranched alkanes of at least 4 members (excludes halogenated alkanes) is 1. The van der Waals surface area contributed by atoms with Crippen LogP contribution in [0.15, 0.2) is 22.1 Å². The number of hydrogen-bond donors (Lipinski definition) is 1. The maximum atomic E-state index is 12.2. The van der Waals surface area contributed by atoms with Gasteiger partial charge < -0.3 is 4.90 Å². The van der Waals surface area contributed by atoms with Gasteiger partial charge in [-0.25, -0.2) is 0 Å². The zero-order valence-electron chi connectivity index (χ0n) is 13.3. The number of nitrogens with zero attached hydrogens (tertiary/aromatic N) is 2. The summed E-state index contributed by atoms with van der Waals surface area (Å²) in [6, 6.07) is 0.